The van der Waals surface area contributed by atoms with E-state index >= 15 is 0 Å². The summed E-state index contributed by atoms with van der Waals surface area (Å²) in [5.74, 6) is -0.165. The van der Waals surface area contributed by atoms with Crippen molar-refractivity contribution >= 4 is 5.69 Å². The van der Waals surface area contributed by atoms with Crippen molar-refractivity contribution in [1.82, 2.24) is 0 Å². The predicted molar refractivity (Wildman–Crippen MR) is 82.8 cm³/mol. The Bertz CT molecular complexity index is 394. The van der Waals surface area contributed by atoms with Crippen LogP contribution in [0.15, 0.2) is 18.2 Å². The maximum Gasteiger partial charge on any atom is 0.128 e. The van der Waals surface area contributed by atoms with Crippen LogP contribution in [-0.4, -0.2) is 32.8 Å². The normalized spacial score (nSPS) is 11.1. The summed E-state index contributed by atoms with van der Waals surface area (Å²) in [6.07, 6.45) is 2.61. The van der Waals surface area contributed by atoms with Gasteiger partial charge in [0.1, 0.15) is 5.82 Å². The van der Waals surface area contributed by atoms with E-state index in [4.69, 9.17) is 10.5 Å². The van der Waals surface area contributed by atoms with Gasteiger partial charge < -0.3 is 15.4 Å². The maximum atomic E-state index is 14.1. The van der Waals surface area contributed by atoms with E-state index in [1.165, 1.54) is 6.07 Å². The summed E-state index contributed by atoms with van der Waals surface area (Å²) in [6, 6.07) is 5.66. The van der Waals surface area contributed by atoms with Crippen molar-refractivity contribution in [3.63, 3.8) is 0 Å². The molecule has 1 rings (SSSR count). The highest BCUT2D eigenvalue weighted by molar-refractivity contribution is 5.55. The van der Waals surface area contributed by atoms with Gasteiger partial charge in [0.15, 0.2) is 0 Å². The van der Waals surface area contributed by atoms with Crippen LogP contribution in [0.5, 0.6) is 0 Å². The van der Waals surface area contributed by atoms with Crippen LogP contribution in [0.1, 0.15) is 32.3 Å². The average molecular weight is 282 g/mol. The molecule has 0 amide bonds. The number of nitrogens with two attached hydrogens (primary N) is 1. The highest BCUT2D eigenvalue weighted by Gasteiger charge is 2.19. The molecule has 0 fully saturated rings. The summed E-state index contributed by atoms with van der Waals surface area (Å²) in [5, 5.41) is 0. The van der Waals surface area contributed by atoms with Crippen molar-refractivity contribution in [3.8, 4) is 0 Å². The third-order valence-electron chi connectivity index (χ3n) is 3.72. The summed E-state index contributed by atoms with van der Waals surface area (Å²) >= 11 is 0. The highest BCUT2D eigenvalue weighted by atomic mass is 19.1. The number of hydrogen-bond donors (Lipinski definition) is 1. The van der Waals surface area contributed by atoms with E-state index in [2.05, 4.69) is 18.7 Å². The molecule has 3 nitrogen and oxygen atoms in total. The maximum absolute atomic E-state index is 14.1. The summed E-state index contributed by atoms with van der Waals surface area (Å²) in [7, 11) is 1.69. The van der Waals surface area contributed by atoms with Crippen LogP contribution in [0.4, 0.5) is 10.1 Å². The van der Waals surface area contributed by atoms with Crippen molar-refractivity contribution < 1.29 is 9.13 Å². The predicted octanol–water partition coefficient (Wildman–Crippen LogP) is 2.97. The first kappa shape index (κ1) is 16.9. The molecular weight excluding hydrogens is 255 g/mol. The second-order valence-electron chi connectivity index (χ2n) is 4.93. The van der Waals surface area contributed by atoms with Crippen LogP contribution in [-0.2, 0) is 11.2 Å². The Morgan fingerprint density at radius 1 is 1.30 bits per heavy atom. The molecule has 0 aliphatic carbocycles. The quantitative estimate of drug-likeness (QED) is 0.757. The summed E-state index contributed by atoms with van der Waals surface area (Å²) in [6.45, 7) is 6.18. The van der Waals surface area contributed by atoms with Crippen molar-refractivity contribution in [3.05, 3.63) is 29.6 Å². The second-order valence-corrected chi connectivity index (χ2v) is 4.93. The zero-order valence-corrected chi connectivity index (χ0v) is 12.9. The third kappa shape index (κ3) is 4.18. The molecule has 0 atom stereocenters. The molecule has 0 aliphatic heterocycles. The molecule has 0 spiro atoms. The number of anilines is 1. The van der Waals surface area contributed by atoms with Gasteiger partial charge in [0.2, 0.25) is 0 Å². The molecule has 0 saturated heterocycles. The highest BCUT2D eigenvalue weighted by Crippen LogP contribution is 2.27. The fraction of sp³-hybridized carbons (Fsp3) is 0.625. The van der Waals surface area contributed by atoms with Crippen molar-refractivity contribution in [1.29, 1.82) is 0 Å². The number of ether oxygens (including phenoxy) is 1. The van der Waals surface area contributed by atoms with Gasteiger partial charge in [0.05, 0.1) is 6.61 Å². The Labute approximate surface area is 121 Å². The lowest BCUT2D eigenvalue weighted by molar-refractivity contribution is 0.202. The van der Waals surface area contributed by atoms with E-state index in [9.17, 15) is 4.39 Å². The van der Waals surface area contributed by atoms with Gasteiger partial charge in [-0.2, -0.15) is 0 Å². The Morgan fingerprint density at radius 3 is 2.55 bits per heavy atom. The number of benzene rings is 1. The number of nitrogens with zero attached hydrogens (tertiary/aromatic N) is 1. The standard InChI is InChI=1S/C16H27FN2O/c1-4-13(5-2)19(11-12-20-3)16-8-6-7-15(17)14(16)9-10-18/h6-8,13H,4-5,9-12,18H2,1-3H3. The lowest BCUT2D eigenvalue weighted by atomic mass is 10.0. The SMILES string of the molecule is CCC(CC)N(CCOC)c1cccc(F)c1CCN. The summed E-state index contributed by atoms with van der Waals surface area (Å²) < 4.78 is 19.3. The summed E-state index contributed by atoms with van der Waals surface area (Å²) in [5.41, 5.74) is 7.31. The molecule has 0 bridgehead atoms. The first-order valence-corrected chi connectivity index (χ1v) is 7.42. The van der Waals surface area contributed by atoms with E-state index in [0.717, 1.165) is 30.6 Å². The molecule has 0 aromatic heterocycles. The molecule has 0 heterocycles. The Morgan fingerprint density at radius 2 is 2.00 bits per heavy atom. The first-order valence-electron chi connectivity index (χ1n) is 7.42. The monoisotopic (exact) mass is 282 g/mol. The Kier molecular flexibility index (Phi) is 7.55. The van der Waals surface area contributed by atoms with Crippen molar-refractivity contribution in [2.45, 2.75) is 39.2 Å². The fourth-order valence-electron chi connectivity index (χ4n) is 2.63. The van der Waals surface area contributed by atoms with Gasteiger partial charge in [0, 0.05) is 30.9 Å². The lowest BCUT2D eigenvalue weighted by Gasteiger charge is -2.34. The zero-order valence-electron chi connectivity index (χ0n) is 12.9. The number of halogens is 1. The van der Waals surface area contributed by atoms with Gasteiger partial charge in [-0.3, -0.25) is 0 Å². The van der Waals surface area contributed by atoms with Crippen LogP contribution in [0.3, 0.4) is 0 Å². The lowest BCUT2D eigenvalue weighted by Crippen LogP contribution is -2.38. The topological polar surface area (TPSA) is 38.5 Å². The minimum Gasteiger partial charge on any atom is -0.383 e. The van der Waals surface area contributed by atoms with Crippen LogP contribution >= 0.6 is 0 Å². The molecule has 1 aromatic rings. The molecule has 1 aromatic carbocycles. The minimum atomic E-state index is -0.165. The molecular formula is C16H27FN2O. The molecule has 114 valence electrons. The Balaban J connectivity index is 3.14. The van der Waals surface area contributed by atoms with Gasteiger partial charge in [-0.25, -0.2) is 4.39 Å². The van der Waals surface area contributed by atoms with Crippen LogP contribution in [0, 0.1) is 5.82 Å². The largest absolute Gasteiger partial charge is 0.383 e. The molecule has 0 saturated carbocycles. The number of methoxy groups -OCH3 is 1. The molecule has 0 aliphatic rings. The fourth-order valence-corrected chi connectivity index (χ4v) is 2.63. The number of hydrogen-bond acceptors (Lipinski definition) is 3. The van der Waals surface area contributed by atoms with E-state index < -0.39 is 0 Å². The van der Waals surface area contributed by atoms with Gasteiger partial charge >= 0.3 is 0 Å². The smallest absolute Gasteiger partial charge is 0.128 e. The van der Waals surface area contributed by atoms with Crippen molar-refractivity contribution in [2.75, 3.05) is 31.7 Å². The van der Waals surface area contributed by atoms with Gasteiger partial charge in [0.25, 0.3) is 0 Å². The molecule has 0 unspecified atom stereocenters. The van der Waals surface area contributed by atoms with Crippen molar-refractivity contribution in [2.24, 2.45) is 5.73 Å². The zero-order chi connectivity index (χ0) is 15.0. The minimum absolute atomic E-state index is 0.165. The Hall–Kier alpha value is -1.13. The van der Waals surface area contributed by atoms with Gasteiger partial charge in [-0.15, -0.1) is 0 Å². The van der Waals surface area contributed by atoms with Crippen LogP contribution < -0.4 is 10.6 Å². The van der Waals surface area contributed by atoms with E-state index in [1.807, 2.05) is 6.07 Å². The first-order chi connectivity index (χ1) is 9.69. The van der Waals surface area contributed by atoms with Crippen LogP contribution in [0.2, 0.25) is 0 Å². The average Bonchev–Trinajstić information content (AvgIpc) is 2.46. The van der Waals surface area contributed by atoms with Gasteiger partial charge in [-0.05, 0) is 37.9 Å². The molecule has 20 heavy (non-hydrogen) atoms. The van der Waals surface area contributed by atoms with Crippen LogP contribution in [0.25, 0.3) is 0 Å². The summed E-state index contributed by atoms with van der Waals surface area (Å²) in [4.78, 5) is 2.26. The van der Waals surface area contributed by atoms with Gasteiger partial charge in [-0.1, -0.05) is 19.9 Å². The molecule has 2 N–H and O–H groups in total. The molecule has 4 heteroatoms. The molecule has 0 radical (unpaired) electrons. The number of rotatable bonds is 9. The third-order valence-corrected chi connectivity index (χ3v) is 3.72. The van der Waals surface area contributed by atoms with E-state index in [0.29, 0.717) is 25.6 Å². The van der Waals surface area contributed by atoms with E-state index in [1.54, 1.807) is 13.2 Å². The second kappa shape index (κ2) is 8.93. The van der Waals surface area contributed by atoms with E-state index in [-0.39, 0.29) is 5.82 Å².